The summed E-state index contributed by atoms with van der Waals surface area (Å²) in [5.41, 5.74) is 1.38. The van der Waals surface area contributed by atoms with Crippen LogP contribution in [0.25, 0.3) is 0 Å². The van der Waals surface area contributed by atoms with Gasteiger partial charge in [-0.15, -0.1) is 0 Å². The molecule has 0 atom stereocenters. The highest BCUT2D eigenvalue weighted by atomic mass is 32.2. The lowest BCUT2D eigenvalue weighted by Crippen LogP contribution is -2.01. The van der Waals surface area contributed by atoms with E-state index >= 15 is 0 Å². The van der Waals surface area contributed by atoms with Gasteiger partial charge in [-0.2, -0.15) is 12.8 Å². The summed E-state index contributed by atoms with van der Waals surface area (Å²) in [5, 5.41) is 0. The Balaban J connectivity index is 2.46. The average molecular weight is 349 g/mol. The van der Waals surface area contributed by atoms with Crippen LogP contribution in [-0.2, 0) is 10.0 Å². The highest BCUT2D eigenvalue weighted by molar-refractivity contribution is 7.90. The molecule has 2 aromatic rings. The van der Waals surface area contributed by atoms with Crippen molar-refractivity contribution in [3.8, 4) is 17.2 Å². The molecule has 0 fully saturated rings. The molecule has 2 aromatic carbocycles. The number of aryl methyl sites for hydroxylation is 1. The van der Waals surface area contributed by atoms with Crippen LogP contribution in [0.5, 0.6) is 17.2 Å². The van der Waals surface area contributed by atoms with E-state index in [1.54, 1.807) is 24.3 Å². The molecule has 2 rings (SSSR count). The monoisotopic (exact) mass is 349 g/mol. The Morgan fingerprint density at radius 3 is 1.92 bits per heavy atom. The molecule has 7 heteroatoms. The molecule has 0 heterocycles. The molecule has 24 heavy (non-hydrogen) atoms. The van der Waals surface area contributed by atoms with E-state index < -0.39 is 10.0 Å². The zero-order valence-electron chi connectivity index (χ0n) is 13.9. The van der Waals surface area contributed by atoms with Gasteiger partial charge in [0, 0.05) is 12.1 Å². The molecule has 0 radical (unpaired) electrons. The van der Waals surface area contributed by atoms with E-state index in [0.29, 0.717) is 22.8 Å². The Kier molecular flexibility index (Phi) is 5.46. The minimum Gasteiger partial charge on any atom is -0.496 e. The van der Waals surface area contributed by atoms with E-state index in [1.807, 2.05) is 6.92 Å². The molecule has 0 saturated heterocycles. The number of rotatable bonds is 6. The van der Waals surface area contributed by atoms with Crippen LogP contribution in [0.4, 0.5) is 0 Å². The molecular weight excluding hydrogens is 330 g/mol. The smallest absolute Gasteiger partial charge is 0.282 e. The number of sulfonamides is 1. The summed E-state index contributed by atoms with van der Waals surface area (Å²) in [6.07, 6.45) is 1.21. The van der Waals surface area contributed by atoms with Crippen LogP contribution < -0.4 is 14.2 Å². The molecular formula is C17H19NO5S. The van der Waals surface area contributed by atoms with Crippen molar-refractivity contribution in [2.75, 3.05) is 21.3 Å². The van der Waals surface area contributed by atoms with Gasteiger partial charge in [-0.25, -0.2) is 0 Å². The molecule has 0 N–H and O–H groups in total. The Morgan fingerprint density at radius 1 is 0.917 bits per heavy atom. The fourth-order valence-corrected chi connectivity index (χ4v) is 2.90. The number of benzene rings is 2. The zero-order valence-corrected chi connectivity index (χ0v) is 14.8. The fraction of sp³-hybridized carbons (Fsp3) is 0.235. The predicted octanol–water partition coefficient (Wildman–Crippen LogP) is 2.83. The van der Waals surface area contributed by atoms with Gasteiger partial charge in [-0.05, 0) is 19.1 Å². The predicted molar refractivity (Wildman–Crippen MR) is 92.1 cm³/mol. The van der Waals surface area contributed by atoms with Crippen LogP contribution in [0.2, 0.25) is 0 Å². The van der Waals surface area contributed by atoms with E-state index in [9.17, 15) is 8.42 Å². The van der Waals surface area contributed by atoms with E-state index in [2.05, 4.69) is 4.40 Å². The van der Waals surface area contributed by atoms with Crippen molar-refractivity contribution in [1.29, 1.82) is 0 Å². The summed E-state index contributed by atoms with van der Waals surface area (Å²) < 4.78 is 44.1. The number of nitrogens with zero attached hydrogens (tertiary/aromatic N) is 1. The van der Waals surface area contributed by atoms with Crippen molar-refractivity contribution in [2.45, 2.75) is 11.8 Å². The van der Waals surface area contributed by atoms with Crippen LogP contribution in [0.1, 0.15) is 11.1 Å². The van der Waals surface area contributed by atoms with Gasteiger partial charge < -0.3 is 14.2 Å². The van der Waals surface area contributed by atoms with E-state index in [-0.39, 0.29) is 4.90 Å². The van der Waals surface area contributed by atoms with E-state index in [1.165, 1.54) is 39.7 Å². The van der Waals surface area contributed by atoms with Gasteiger partial charge in [0.05, 0.1) is 38.0 Å². The molecule has 0 aliphatic carbocycles. The maximum atomic E-state index is 12.3. The van der Waals surface area contributed by atoms with Gasteiger partial charge in [-0.3, -0.25) is 0 Å². The van der Waals surface area contributed by atoms with Crippen molar-refractivity contribution in [2.24, 2.45) is 4.40 Å². The van der Waals surface area contributed by atoms with Gasteiger partial charge in [0.25, 0.3) is 10.0 Å². The number of methoxy groups -OCH3 is 3. The minimum absolute atomic E-state index is 0.121. The Morgan fingerprint density at radius 2 is 1.46 bits per heavy atom. The summed E-state index contributed by atoms with van der Waals surface area (Å²) in [5.74, 6) is 1.32. The molecule has 0 amide bonds. The summed E-state index contributed by atoms with van der Waals surface area (Å²) in [4.78, 5) is 0.121. The maximum Gasteiger partial charge on any atom is 0.282 e. The van der Waals surface area contributed by atoms with Gasteiger partial charge in [-0.1, -0.05) is 17.7 Å². The first kappa shape index (κ1) is 17.8. The third-order valence-corrected chi connectivity index (χ3v) is 4.64. The number of ether oxygens (including phenoxy) is 3. The normalized spacial score (nSPS) is 11.5. The SMILES string of the molecule is COc1cc(OC)c(/C=N/S(=O)(=O)c2ccc(C)cc2)c(OC)c1. The molecule has 0 spiro atoms. The van der Waals surface area contributed by atoms with Crippen molar-refractivity contribution in [3.63, 3.8) is 0 Å². The largest absolute Gasteiger partial charge is 0.496 e. The van der Waals surface area contributed by atoms with Crippen LogP contribution in [0.15, 0.2) is 45.7 Å². The summed E-state index contributed by atoms with van der Waals surface area (Å²) in [6.45, 7) is 1.88. The molecule has 0 aliphatic heterocycles. The quantitative estimate of drug-likeness (QED) is 0.750. The van der Waals surface area contributed by atoms with Crippen molar-refractivity contribution >= 4 is 16.2 Å². The van der Waals surface area contributed by atoms with Crippen molar-refractivity contribution in [3.05, 3.63) is 47.5 Å². The van der Waals surface area contributed by atoms with E-state index in [0.717, 1.165) is 5.56 Å². The van der Waals surface area contributed by atoms with Gasteiger partial charge >= 0.3 is 0 Å². The third-order valence-electron chi connectivity index (χ3n) is 3.39. The number of hydrogen-bond acceptors (Lipinski definition) is 5. The van der Waals surface area contributed by atoms with Gasteiger partial charge in [0.15, 0.2) is 0 Å². The van der Waals surface area contributed by atoms with Crippen LogP contribution in [-0.4, -0.2) is 36.0 Å². The highest BCUT2D eigenvalue weighted by Gasteiger charge is 2.15. The molecule has 0 unspecified atom stereocenters. The lowest BCUT2D eigenvalue weighted by atomic mass is 10.2. The second-order valence-corrected chi connectivity index (χ2v) is 6.60. The number of hydrogen-bond donors (Lipinski definition) is 0. The molecule has 0 saturated carbocycles. The van der Waals surface area contributed by atoms with Crippen LogP contribution in [0.3, 0.4) is 0 Å². The maximum absolute atomic E-state index is 12.3. The molecule has 0 aromatic heterocycles. The molecule has 0 aliphatic rings. The fourth-order valence-electron chi connectivity index (χ4n) is 2.05. The summed E-state index contributed by atoms with van der Waals surface area (Å²) in [6, 6.07) is 9.73. The Labute approximate surface area is 141 Å². The zero-order chi connectivity index (χ0) is 17.7. The lowest BCUT2D eigenvalue weighted by molar-refractivity contribution is 0.374. The summed E-state index contributed by atoms with van der Waals surface area (Å²) in [7, 11) is 0.648. The first-order valence-electron chi connectivity index (χ1n) is 7.08. The first-order chi connectivity index (χ1) is 11.4. The highest BCUT2D eigenvalue weighted by Crippen LogP contribution is 2.33. The average Bonchev–Trinajstić information content (AvgIpc) is 2.59. The van der Waals surface area contributed by atoms with Gasteiger partial charge in [0.1, 0.15) is 17.2 Å². The van der Waals surface area contributed by atoms with Crippen molar-refractivity contribution < 1.29 is 22.6 Å². The summed E-state index contributed by atoms with van der Waals surface area (Å²) >= 11 is 0. The van der Waals surface area contributed by atoms with Crippen molar-refractivity contribution in [1.82, 2.24) is 0 Å². The lowest BCUT2D eigenvalue weighted by Gasteiger charge is -2.12. The second kappa shape index (κ2) is 7.35. The van der Waals surface area contributed by atoms with Crippen LogP contribution >= 0.6 is 0 Å². The van der Waals surface area contributed by atoms with Gasteiger partial charge in [0.2, 0.25) is 0 Å². The first-order valence-corrected chi connectivity index (χ1v) is 8.52. The second-order valence-electron chi connectivity index (χ2n) is 4.97. The molecule has 6 nitrogen and oxygen atoms in total. The Bertz CT molecular complexity index is 817. The Hall–Kier alpha value is -2.54. The van der Waals surface area contributed by atoms with Crippen LogP contribution in [0, 0.1) is 6.92 Å². The minimum atomic E-state index is -3.81. The standard InChI is InChI=1S/C17H19NO5S/c1-12-5-7-14(8-6-12)24(19,20)18-11-15-16(22-3)9-13(21-2)10-17(15)23-4/h5-11H,1-4H3/b18-11+. The third kappa shape index (κ3) is 3.86. The topological polar surface area (TPSA) is 74.2 Å². The van der Waals surface area contributed by atoms with E-state index in [4.69, 9.17) is 14.2 Å². The molecule has 128 valence electrons. The molecule has 0 bridgehead atoms.